The summed E-state index contributed by atoms with van der Waals surface area (Å²) in [6.45, 7) is 3.26. The third-order valence-electron chi connectivity index (χ3n) is 2.58. The Morgan fingerprint density at radius 3 is 2.62 bits per heavy atom. The van der Waals surface area contributed by atoms with Crippen molar-refractivity contribution in [1.82, 2.24) is 0 Å². The molecule has 0 aromatic heterocycles. The Hall–Kier alpha value is -1.42. The summed E-state index contributed by atoms with van der Waals surface area (Å²) < 4.78 is 23.5. The van der Waals surface area contributed by atoms with Gasteiger partial charge in [-0.1, -0.05) is 12.1 Å². The van der Waals surface area contributed by atoms with Crippen LogP contribution in [0.2, 0.25) is 0 Å². The molecule has 4 heteroatoms. The number of hydrogen-bond donors (Lipinski definition) is 0. The van der Waals surface area contributed by atoms with Crippen molar-refractivity contribution in [3.63, 3.8) is 0 Å². The standard InChI is InChI=1S/C12H12O3S/c1-8-7-16(14,15)11-5-3-4-10(12(8)11)6-9(2)13/h3-5,7H,6H2,1-2H3. The van der Waals surface area contributed by atoms with E-state index < -0.39 is 9.84 Å². The summed E-state index contributed by atoms with van der Waals surface area (Å²) in [5.41, 5.74) is 2.21. The van der Waals surface area contributed by atoms with Crippen LogP contribution in [-0.4, -0.2) is 14.2 Å². The molecule has 0 fully saturated rings. The molecule has 0 unspecified atom stereocenters. The summed E-state index contributed by atoms with van der Waals surface area (Å²) in [5, 5.41) is 1.27. The van der Waals surface area contributed by atoms with Crippen molar-refractivity contribution >= 4 is 21.2 Å². The molecule has 3 nitrogen and oxygen atoms in total. The Morgan fingerprint density at radius 1 is 1.31 bits per heavy atom. The van der Waals surface area contributed by atoms with Gasteiger partial charge in [0.2, 0.25) is 9.84 Å². The van der Waals surface area contributed by atoms with E-state index in [9.17, 15) is 13.2 Å². The monoisotopic (exact) mass is 236 g/mol. The van der Waals surface area contributed by atoms with E-state index in [0.717, 1.165) is 5.56 Å². The van der Waals surface area contributed by atoms with Crippen molar-refractivity contribution in [3.8, 4) is 0 Å². The van der Waals surface area contributed by atoms with E-state index in [2.05, 4.69) is 0 Å². The normalized spacial score (nSPS) is 16.8. The first-order valence-corrected chi connectivity index (χ1v) is 6.51. The maximum absolute atomic E-state index is 11.7. The number of Topliss-reactive ketones (excluding diaryl/α,β-unsaturated/α-hetero) is 1. The minimum Gasteiger partial charge on any atom is -0.300 e. The first kappa shape index (κ1) is 11.1. The summed E-state index contributed by atoms with van der Waals surface area (Å²) in [7, 11) is -3.29. The summed E-state index contributed by atoms with van der Waals surface area (Å²) in [4.78, 5) is 11.4. The number of allylic oxidation sites excluding steroid dienone is 1. The molecule has 2 rings (SSSR count). The number of rotatable bonds is 2. The maximum atomic E-state index is 11.7. The maximum Gasteiger partial charge on any atom is 0.200 e. The van der Waals surface area contributed by atoms with Gasteiger partial charge in [0.15, 0.2) is 0 Å². The molecule has 0 aliphatic carbocycles. The molecule has 16 heavy (non-hydrogen) atoms. The molecule has 1 aliphatic rings. The molecule has 0 spiro atoms. The average Bonchev–Trinajstić information content (AvgIpc) is 2.37. The van der Waals surface area contributed by atoms with E-state index in [-0.39, 0.29) is 12.2 Å². The van der Waals surface area contributed by atoms with Crippen molar-refractivity contribution in [2.75, 3.05) is 0 Å². The van der Waals surface area contributed by atoms with E-state index in [0.29, 0.717) is 16.0 Å². The highest BCUT2D eigenvalue weighted by molar-refractivity contribution is 7.95. The van der Waals surface area contributed by atoms with E-state index in [1.165, 1.54) is 12.3 Å². The van der Waals surface area contributed by atoms with E-state index in [4.69, 9.17) is 0 Å². The lowest BCUT2D eigenvalue weighted by Crippen LogP contribution is -2.02. The molecule has 0 radical (unpaired) electrons. The van der Waals surface area contributed by atoms with Gasteiger partial charge in [0, 0.05) is 17.4 Å². The van der Waals surface area contributed by atoms with Gasteiger partial charge in [-0.25, -0.2) is 8.42 Å². The van der Waals surface area contributed by atoms with Crippen LogP contribution in [0.3, 0.4) is 0 Å². The molecule has 0 bridgehead atoms. The summed E-state index contributed by atoms with van der Waals surface area (Å²) in [6.07, 6.45) is 0.282. The zero-order valence-corrected chi connectivity index (χ0v) is 9.97. The van der Waals surface area contributed by atoms with Gasteiger partial charge in [0.25, 0.3) is 0 Å². The first-order chi connectivity index (χ1) is 7.42. The zero-order valence-electron chi connectivity index (χ0n) is 9.15. The lowest BCUT2D eigenvalue weighted by molar-refractivity contribution is -0.116. The molecule has 1 aromatic rings. The van der Waals surface area contributed by atoms with Crippen LogP contribution in [0.15, 0.2) is 28.5 Å². The topological polar surface area (TPSA) is 51.2 Å². The van der Waals surface area contributed by atoms with Crippen LogP contribution in [0.5, 0.6) is 0 Å². The predicted octanol–water partition coefficient (Wildman–Crippen LogP) is 1.97. The quantitative estimate of drug-likeness (QED) is 0.788. The highest BCUT2D eigenvalue weighted by Crippen LogP contribution is 2.35. The Kier molecular flexibility index (Phi) is 2.46. The average molecular weight is 236 g/mol. The van der Waals surface area contributed by atoms with Gasteiger partial charge in [-0.2, -0.15) is 0 Å². The predicted molar refractivity (Wildman–Crippen MR) is 61.7 cm³/mol. The van der Waals surface area contributed by atoms with E-state index >= 15 is 0 Å². The molecule has 1 aromatic carbocycles. The van der Waals surface area contributed by atoms with Crippen molar-refractivity contribution in [3.05, 3.63) is 34.7 Å². The van der Waals surface area contributed by atoms with Crippen molar-refractivity contribution < 1.29 is 13.2 Å². The van der Waals surface area contributed by atoms with Crippen molar-refractivity contribution in [2.24, 2.45) is 0 Å². The fourth-order valence-corrected chi connectivity index (χ4v) is 3.59. The van der Waals surface area contributed by atoms with Gasteiger partial charge >= 0.3 is 0 Å². The minimum absolute atomic E-state index is 0.0329. The third-order valence-corrected chi connectivity index (χ3v) is 4.20. The van der Waals surface area contributed by atoms with Crippen molar-refractivity contribution in [1.29, 1.82) is 0 Å². The molecule has 1 aliphatic heterocycles. The Labute approximate surface area is 94.7 Å². The lowest BCUT2D eigenvalue weighted by Gasteiger charge is -2.07. The molecular weight excluding hydrogens is 224 g/mol. The Bertz CT molecular complexity index is 595. The molecular formula is C12H12O3S. The first-order valence-electron chi connectivity index (χ1n) is 4.97. The second-order valence-electron chi connectivity index (χ2n) is 4.01. The number of fused-ring (bicyclic) bond motifs is 1. The highest BCUT2D eigenvalue weighted by Gasteiger charge is 2.26. The van der Waals surface area contributed by atoms with Gasteiger partial charge < -0.3 is 0 Å². The number of sulfone groups is 1. The fourth-order valence-electron chi connectivity index (χ4n) is 2.03. The third kappa shape index (κ3) is 1.69. The molecule has 0 N–H and O–H groups in total. The molecule has 0 saturated carbocycles. The number of carbonyl (C=O) groups excluding carboxylic acids is 1. The SMILES string of the molecule is CC(=O)Cc1cccc2c1C(C)=CS2(=O)=O. The second-order valence-corrected chi connectivity index (χ2v) is 5.78. The van der Waals surface area contributed by atoms with Gasteiger partial charge in [-0.15, -0.1) is 0 Å². The van der Waals surface area contributed by atoms with Gasteiger partial charge in [-0.05, 0) is 31.1 Å². The Balaban J connectivity index is 2.67. The van der Waals surface area contributed by atoms with E-state index in [1.807, 2.05) is 0 Å². The largest absolute Gasteiger partial charge is 0.300 e. The molecule has 0 amide bonds. The van der Waals surface area contributed by atoms with Crippen LogP contribution in [-0.2, 0) is 21.1 Å². The lowest BCUT2D eigenvalue weighted by atomic mass is 9.98. The number of benzene rings is 1. The number of ketones is 1. The number of hydrogen-bond acceptors (Lipinski definition) is 3. The Morgan fingerprint density at radius 2 is 2.00 bits per heavy atom. The zero-order chi connectivity index (χ0) is 11.9. The van der Waals surface area contributed by atoms with Gasteiger partial charge in [0.1, 0.15) is 5.78 Å². The van der Waals surface area contributed by atoms with Crippen LogP contribution < -0.4 is 0 Å². The molecule has 0 atom stereocenters. The minimum atomic E-state index is -3.29. The summed E-state index contributed by atoms with van der Waals surface area (Å²) in [5.74, 6) is 0.0329. The fraction of sp³-hybridized carbons (Fsp3) is 0.250. The molecule has 0 saturated heterocycles. The summed E-state index contributed by atoms with van der Waals surface area (Å²) in [6, 6.07) is 5.07. The smallest absolute Gasteiger partial charge is 0.200 e. The summed E-state index contributed by atoms with van der Waals surface area (Å²) >= 11 is 0. The molecule has 1 heterocycles. The number of carbonyl (C=O) groups is 1. The van der Waals surface area contributed by atoms with Crippen LogP contribution in [0.1, 0.15) is 25.0 Å². The van der Waals surface area contributed by atoms with Crippen molar-refractivity contribution in [2.45, 2.75) is 25.2 Å². The second kappa shape index (κ2) is 3.56. The highest BCUT2D eigenvalue weighted by atomic mass is 32.2. The van der Waals surface area contributed by atoms with E-state index in [1.54, 1.807) is 25.1 Å². The van der Waals surface area contributed by atoms with Gasteiger partial charge in [0.05, 0.1) is 4.90 Å². The van der Waals surface area contributed by atoms with Crippen LogP contribution in [0.4, 0.5) is 0 Å². The van der Waals surface area contributed by atoms with Gasteiger partial charge in [-0.3, -0.25) is 4.79 Å². The van der Waals surface area contributed by atoms with Crippen LogP contribution >= 0.6 is 0 Å². The van der Waals surface area contributed by atoms with Crippen LogP contribution in [0.25, 0.3) is 5.57 Å². The van der Waals surface area contributed by atoms with Crippen LogP contribution in [0, 0.1) is 0 Å². The molecule has 84 valence electrons.